The van der Waals surface area contributed by atoms with Crippen molar-refractivity contribution < 1.29 is 9.53 Å². The van der Waals surface area contributed by atoms with Crippen LogP contribution in [0.25, 0.3) is 21.0 Å². The lowest BCUT2D eigenvalue weighted by Crippen LogP contribution is -2.18. The molecule has 0 unspecified atom stereocenters. The zero-order valence-corrected chi connectivity index (χ0v) is 17.3. The molecule has 1 heterocycles. The molecule has 4 aromatic rings. The molecule has 0 spiro atoms. The number of aromatic nitrogens is 1. The molecule has 0 saturated heterocycles. The lowest BCUT2D eigenvalue weighted by Gasteiger charge is -2.05. The second-order valence-electron chi connectivity index (χ2n) is 6.34. The predicted molar refractivity (Wildman–Crippen MR) is 119 cm³/mol. The van der Waals surface area contributed by atoms with Gasteiger partial charge in [0.2, 0.25) is 0 Å². The largest absolute Gasteiger partial charge is 0.497 e. The van der Waals surface area contributed by atoms with E-state index in [0.29, 0.717) is 5.56 Å². The topological polar surface area (TPSA) is 43.6 Å². The fourth-order valence-corrected chi connectivity index (χ4v) is 4.59. The Kier molecular flexibility index (Phi) is 5.50. The quantitative estimate of drug-likeness (QED) is 0.468. The van der Waals surface area contributed by atoms with Gasteiger partial charge in [-0.2, -0.15) is 16.8 Å². The van der Waals surface area contributed by atoms with E-state index in [2.05, 4.69) is 15.8 Å². The zero-order valence-electron chi connectivity index (χ0n) is 15.7. The van der Waals surface area contributed by atoms with Crippen LogP contribution >= 0.6 is 23.1 Å². The van der Waals surface area contributed by atoms with E-state index in [1.54, 1.807) is 18.9 Å². The van der Waals surface area contributed by atoms with Gasteiger partial charge in [0, 0.05) is 17.9 Å². The summed E-state index contributed by atoms with van der Waals surface area (Å²) in [5.41, 5.74) is 1.68. The molecule has 0 aliphatic heterocycles. The molecule has 142 valence electrons. The molecular formula is C22H20N2O2S2. The van der Waals surface area contributed by atoms with Gasteiger partial charge in [-0.1, -0.05) is 41.7 Å². The molecule has 0 N–H and O–H groups in total. The summed E-state index contributed by atoms with van der Waals surface area (Å²) in [5, 5.41) is 2.16. The van der Waals surface area contributed by atoms with E-state index in [9.17, 15) is 4.79 Å². The van der Waals surface area contributed by atoms with Gasteiger partial charge in [0.15, 0.2) is 4.80 Å². The van der Waals surface area contributed by atoms with Gasteiger partial charge in [-0.3, -0.25) is 4.79 Å². The first kappa shape index (κ1) is 18.8. The van der Waals surface area contributed by atoms with Crippen molar-refractivity contribution >= 4 is 50.0 Å². The molecule has 28 heavy (non-hydrogen) atoms. The van der Waals surface area contributed by atoms with E-state index >= 15 is 0 Å². The van der Waals surface area contributed by atoms with Crippen molar-refractivity contribution in [2.75, 3.05) is 19.1 Å². The number of benzene rings is 3. The van der Waals surface area contributed by atoms with Crippen molar-refractivity contribution in [3.8, 4) is 5.75 Å². The summed E-state index contributed by atoms with van der Waals surface area (Å²) in [6.07, 6.45) is 2.08. The number of hydrogen-bond donors (Lipinski definition) is 0. The van der Waals surface area contributed by atoms with Crippen LogP contribution in [0.3, 0.4) is 0 Å². The Morgan fingerprint density at radius 2 is 1.93 bits per heavy atom. The van der Waals surface area contributed by atoms with Crippen molar-refractivity contribution in [3.63, 3.8) is 0 Å². The van der Waals surface area contributed by atoms with Gasteiger partial charge in [0.1, 0.15) is 5.75 Å². The molecule has 4 nitrogen and oxygen atoms in total. The second-order valence-corrected chi connectivity index (χ2v) is 8.34. The minimum Gasteiger partial charge on any atom is -0.497 e. The van der Waals surface area contributed by atoms with E-state index in [4.69, 9.17) is 4.74 Å². The third kappa shape index (κ3) is 3.70. The lowest BCUT2D eigenvalue weighted by molar-refractivity contribution is 0.0998. The van der Waals surface area contributed by atoms with Crippen LogP contribution in [0.2, 0.25) is 0 Å². The Morgan fingerprint density at radius 1 is 1.11 bits per heavy atom. The number of thiazole rings is 1. The molecule has 1 aromatic heterocycles. The SMILES string of the molecule is COc1ccc2c(c1)sc(=NC(=O)c1ccc3ccccc3c1)n2CCSC. The highest BCUT2D eigenvalue weighted by Crippen LogP contribution is 2.23. The van der Waals surface area contributed by atoms with Crippen LogP contribution in [0, 0.1) is 0 Å². The maximum atomic E-state index is 12.9. The summed E-state index contributed by atoms with van der Waals surface area (Å²) >= 11 is 3.29. The molecule has 4 rings (SSSR count). The Morgan fingerprint density at radius 3 is 2.71 bits per heavy atom. The number of methoxy groups -OCH3 is 1. The van der Waals surface area contributed by atoms with E-state index in [1.165, 1.54) is 11.3 Å². The van der Waals surface area contributed by atoms with Gasteiger partial charge < -0.3 is 9.30 Å². The summed E-state index contributed by atoms with van der Waals surface area (Å²) < 4.78 is 8.52. The molecule has 0 aliphatic carbocycles. The maximum Gasteiger partial charge on any atom is 0.279 e. The predicted octanol–water partition coefficient (Wildman–Crippen LogP) is 4.97. The number of ether oxygens (including phenoxy) is 1. The lowest BCUT2D eigenvalue weighted by atomic mass is 10.1. The highest BCUT2D eigenvalue weighted by molar-refractivity contribution is 7.98. The van der Waals surface area contributed by atoms with Gasteiger partial charge in [-0.15, -0.1) is 0 Å². The number of hydrogen-bond acceptors (Lipinski definition) is 4. The third-order valence-electron chi connectivity index (χ3n) is 4.60. The highest BCUT2D eigenvalue weighted by Gasteiger charge is 2.10. The Bertz CT molecular complexity index is 1220. The summed E-state index contributed by atoms with van der Waals surface area (Å²) in [6, 6.07) is 19.7. The highest BCUT2D eigenvalue weighted by atomic mass is 32.2. The van der Waals surface area contributed by atoms with Gasteiger partial charge in [-0.05, 0) is 47.4 Å². The van der Waals surface area contributed by atoms with Crippen LogP contribution in [0.5, 0.6) is 5.75 Å². The van der Waals surface area contributed by atoms with Crippen LogP contribution in [0.15, 0.2) is 65.7 Å². The molecule has 0 radical (unpaired) electrons. The van der Waals surface area contributed by atoms with E-state index < -0.39 is 0 Å². The average molecular weight is 409 g/mol. The van der Waals surface area contributed by atoms with Gasteiger partial charge in [0.25, 0.3) is 5.91 Å². The number of thioether (sulfide) groups is 1. The number of aryl methyl sites for hydroxylation is 1. The summed E-state index contributed by atoms with van der Waals surface area (Å²) in [7, 11) is 1.66. The van der Waals surface area contributed by atoms with Crippen molar-refractivity contribution in [3.05, 3.63) is 71.0 Å². The number of rotatable bonds is 5. The normalized spacial score (nSPS) is 12.0. The summed E-state index contributed by atoms with van der Waals surface area (Å²) in [4.78, 5) is 18.1. The first-order chi connectivity index (χ1) is 13.7. The van der Waals surface area contributed by atoms with E-state index in [-0.39, 0.29) is 5.91 Å². The average Bonchev–Trinajstić information content (AvgIpc) is 3.07. The molecule has 1 amide bonds. The van der Waals surface area contributed by atoms with Crippen LogP contribution in [0.4, 0.5) is 0 Å². The van der Waals surface area contributed by atoms with Crippen LogP contribution in [-0.2, 0) is 6.54 Å². The Labute approximate surface area is 171 Å². The molecule has 0 saturated carbocycles. The molecular weight excluding hydrogens is 388 g/mol. The van der Waals surface area contributed by atoms with Gasteiger partial charge >= 0.3 is 0 Å². The molecule has 0 fully saturated rings. The molecule has 0 bridgehead atoms. The fraction of sp³-hybridized carbons (Fsp3) is 0.182. The fourth-order valence-electron chi connectivity index (χ4n) is 3.14. The Balaban J connectivity index is 1.80. The number of carbonyl (C=O) groups excluding carboxylic acids is 1. The van der Waals surface area contributed by atoms with E-state index in [1.807, 2.05) is 60.7 Å². The van der Waals surface area contributed by atoms with Crippen molar-refractivity contribution in [1.29, 1.82) is 0 Å². The van der Waals surface area contributed by atoms with Crippen LogP contribution in [0.1, 0.15) is 10.4 Å². The number of carbonyl (C=O) groups is 1. The number of fused-ring (bicyclic) bond motifs is 2. The first-order valence-electron chi connectivity index (χ1n) is 8.94. The summed E-state index contributed by atoms with van der Waals surface area (Å²) in [6.45, 7) is 0.803. The second kappa shape index (κ2) is 8.20. The number of nitrogens with zero attached hydrogens (tertiary/aromatic N) is 2. The van der Waals surface area contributed by atoms with Gasteiger partial charge in [-0.25, -0.2) is 0 Å². The summed E-state index contributed by atoms with van der Waals surface area (Å²) in [5.74, 6) is 1.54. The molecule has 0 aliphatic rings. The third-order valence-corrected chi connectivity index (χ3v) is 6.23. The van der Waals surface area contributed by atoms with Crippen molar-refractivity contribution in [1.82, 2.24) is 4.57 Å². The molecule has 6 heteroatoms. The number of amides is 1. The van der Waals surface area contributed by atoms with Crippen LogP contribution < -0.4 is 9.54 Å². The molecule has 3 aromatic carbocycles. The van der Waals surface area contributed by atoms with Crippen molar-refractivity contribution in [2.24, 2.45) is 4.99 Å². The standard InChI is InChI=1S/C22H20N2O2S2/c1-26-18-9-10-19-20(14-18)28-22(24(19)11-12-27-2)23-21(25)17-8-7-15-5-3-4-6-16(15)13-17/h3-10,13-14H,11-12H2,1-2H3. The minimum absolute atomic E-state index is 0.220. The first-order valence-corrected chi connectivity index (χ1v) is 11.1. The monoisotopic (exact) mass is 408 g/mol. The maximum absolute atomic E-state index is 12.9. The van der Waals surface area contributed by atoms with Crippen LogP contribution in [-0.4, -0.2) is 29.6 Å². The smallest absolute Gasteiger partial charge is 0.279 e. The molecule has 0 atom stereocenters. The van der Waals surface area contributed by atoms with Gasteiger partial charge in [0.05, 0.1) is 17.3 Å². The van der Waals surface area contributed by atoms with E-state index in [0.717, 1.165) is 43.8 Å². The van der Waals surface area contributed by atoms with Crippen molar-refractivity contribution in [2.45, 2.75) is 6.54 Å². The Hall–Kier alpha value is -2.57. The minimum atomic E-state index is -0.220. The zero-order chi connectivity index (χ0) is 19.5.